The van der Waals surface area contributed by atoms with Crippen LogP contribution in [0.3, 0.4) is 0 Å². The standard InChI is InChI=1S/C14H16N2O3/c1-11-3-8-14(19-11)10-15(2)9-12-4-6-13(7-5-12)16(17)18/h3-8H,9-10H2,1-2H3. The molecule has 0 aliphatic rings. The molecule has 0 fully saturated rings. The summed E-state index contributed by atoms with van der Waals surface area (Å²) in [5, 5.41) is 10.6. The Labute approximate surface area is 111 Å². The highest BCUT2D eigenvalue weighted by Gasteiger charge is 2.07. The van der Waals surface area contributed by atoms with Gasteiger partial charge in [-0.1, -0.05) is 12.1 Å². The molecule has 0 aliphatic heterocycles. The quantitative estimate of drug-likeness (QED) is 0.612. The molecule has 0 spiro atoms. The molecule has 1 heterocycles. The van der Waals surface area contributed by atoms with Crippen molar-refractivity contribution in [2.75, 3.05) is 7.05 Å². The van der Waals surface area contributed by atoms with Crippen molar-refractivity contribution in [3.63, 3.8) is 0 Å². The fraction of sp³-hybridized carbons (Fsp3) is 0.286. The van der Waals surface area contributed by atoms with E-state index in [-0.39, 0.29) is 10.6 Å². The Morgan fingerprint density at radius 1 is 1.16 bits per heavy atom. The molecule has 0 bridgehead atoms. The average molecular weight is 260 g/mol. The summed E-state index contributed by atoms with van der Waals surface area (Å²) in [4.78, 5) is 12.3. The van der Waals surface area contributed by atoms with Crippen LogP contribution in [0, 0.1) is 17.0 Å². The predicted molar refractivity (Wildman–Crippen MR) is 71.7 cm³/mol. The lowest BCUT2D eigenvalue weighted by atomic mass is 10.2. The monoisotopic (exact) mass is 260 g/mol. The lowest BCUT2D eigenvalue weighted by molar-refractivity contribution is -0.384. The minimum atomic E-state index is -0.390. The van der Waals surface area contributed by atoms with Crippen LogP contribution in [0.25, 0.3) is 0 Å². The molecular formula is C14H16N2O3. The Kier molecular flexibility index (Phi) is 3.97. The number of nitro groups is 1. The normalized spacial score (nSPS) is 10.9. The van der Waals surface area contributed by atoms with E-state index >= 15 is 0 Å². The Balaban J connectivity index is 1.94. The molecule has 5 heteroatoms. The fourth-order valence-corrected chi connectivity index (χ4v) is 1.93. The summed E-state index contributed by atoms with van der Waals surface area (Å²) in [5.41, 5.74) is 1.16. The molecule has 0 amide bonds. The average Bonchev–Trinajstić information content (AvgIpc) is 2.75. The van der Waals surface area contributed by atoms with E-state index < -0.39 is 0 Å². The molecule has 0 aliphatic carbocycles. The molecule has 1 aromatic heterocycles. The van der Waals surface area contributed by atoms with Crippen LogP contribution < -0.4 is 0 Å². The molecule has 0 saturated carbocycles. The van der Waals surface area contributed by atoms with Crippen LogP contribution in [0.5, 0.6) is 0 Å². The molecule has 1 aromatic carbocycles. The van der Waals surface area contributed by atoms with Gasteiger partial charge in [0.05, 0.1) is 11.5 Å². The van der Waals surface area contributed by atoms with E-state index in [0.29, 0.717) is 6.54 Å². The maximum atomic E-state index is 10.6. The van der Waals surface area contributed by atoms with Gasteiger partial charge >= 0.3 is 0 Å². The van der Waals surface area contributed by atoms with Crippen molar-refractivity contribution in [2.24, 2.45) is 0 Å². The Morgan fingerprint density at radius 3 is 2.37 bits per heavy atom. The number of hydrogen-bond acceptors (Lipinski definition) is 4. The largest absolute Gasteiger partial charge is 0.465 e. The third-order valence-electron chi connectivity index (χ3n) is 2.82. The second-order valence-electron chi connectivity index (χ2n) is 4.61. The van der Waals surface area contributed by atoms with Gasteiger partial charge in [-0.2, -0.15) is 0 Å². The highest BCUT2D eigenvalue weighted by molar-refractivity contribution is 5.32. The van der Waals surface area contributed by atoms with Crippen molar-refractivity contribution in [3.8, 4) is 0 Å². The van der Waals surface area contributed by atoms with Crippen molar-refractivity contribution in [1.82, 2.24) is 4.90 Å². The molecule has 2 rings (SSSR count). The number of hydrogen-bond donors (Lipinski definition) is 0. The predicted octanol–water partition coefficient (Wildman–Crippen LogP) is 3.13. The van der Waals surface area contributed by atoms with Gasteiger partial charge < -0.3 is 4.42 Å². The molecule has 19 heavy (non-hydrogen) atoms. The molecule has 0 N–H and O–H groups in total. The Bertz CT molecular complexity index is 560. The summed E-state index contributed by atoms with van der Waals surface area (Å²) >= 11 is 0. The molecule has 0 saturated heterocycles. The van der Waals surface area contributed by atoms with E-state index in [9.17, 15) is 10.1 Å². The van der Waals surface area contributed by atoms with Crippen LogP contribution in [-0.4, -0.2) is 16.9 Å². The zero-order valence-electron chi connectivity index (χ0n) is 11.0. The first kappa shape index (κ1) is 13.3. The van der Waals surface area contributed by atoms with Gasteiger partial charge in [0.1, 0.15) is 11.5 Å². The van der Waals surface area contributed by atoms with E-state index in [1.54, 1.807) is 12.1 Å². The van der Waals surface area contributed by atoms with Gasteiger partial charge in [-0.3, -0.25) is 15.0 Å². The zero-order chi connectivity index (χ0) is 13.8. The van der Waals surface area contributed by atoms with Crippen LogP contribution in [0.4, 0.5) is 5.69 Å². The van der Waals surface area contributed by atoms with Crippen LogP contribution in [0.15, 0.2) is 40.8 Å². The van der Waals surface area contributed by atoms with E-state index in [4.69, 9.17) is 4.42 Å². The van der Waals surface area contributed by atoms with Crippen LogP contribution in [0.2, 0.25) is 0 Å². The van der Waals surface area contributed by atoms with Crippen molar-refractivity contribution in [1.29, 1.82) is 0 Å². The van der Waals surface area contributed by atoms with Gasteiger partial charge in [0.25, 0.3) is 5.69 Å². The van der Waals surface area contributed by atoms with E-state index in [1.165, 1.54) is 12.1 Å². The topological polar surface area (TPSA) is 59.5 Å². The molecule has 0 radical (unpaired) electrons. The number of furan rings is 1. The number of aryl methyl sites for hydroxylation is 1. The van der Waals surface area contributed by atoms with Gasteiger partial charge in [-0.05, 0) is 31.7 Å². The maximum absolute atomic E-state index is 10.6. The second-order valence-corrected chi connectivity index (χ2v) is 4.61. The zero-order valence-corrected chi connectivity index (χ0v) is 11.0. The molecule has 0 atom stereocenters. The lowest BCUT2D eigenvalue weighted by Gasteiger charge is -2.14. The summed E-state index contributed by atoms with van der Waals surface area (Å²) in [6, 6.07) is 10.5. The fourth-order valence-electron chi connectivity index (χ4n) is 1.93. The van der Waals surface area contributed by atoms with Crippen molar-refractivity contribution in [3.05, 3.63) is 63.6 Å². The smallest absolute Gasteiger partial charge is 0.269 e. The SMILES string of the molecule is Cc1ccc(CN(C)Cc2ccc([N+](=O)[O-])cc2)o1. The van der Waals surface area contributed by atoms with Crippen molar-refractivity contribution in [2.45, 2.75) is 20.0 Å². The van der Waals surface area contributed by atoms with Gasteiger partial charge in [-0.25, -0.2) is 0 Å². The number of benzene rings is 1. The summed E-state index contributed by atoms with van der Waals surface area (Å²) in [7, 11) is 1.99. The second kappa shape index (κ2) is 5.67. The first-order valence-corrected chi connectivity index (χ1v) is 6.02. The van der Waals surface area contributed by atoms with Crippen LogP contribution in [-0.2, 0) is 13.1 Å². The minimum Gasteiger partial charge on any atom is -0.465 e. The number of nitro benzene ring substituents is 1. The molecular weight excluding hydrogens is 244 g/mol. The lowest BCUT2D eigenvalue weighted by Crippen LogP contribution is -2.16. The summed E-state index contributed by atoms with van der Waals surface area (Å²) in [6.07, 6.45) is 0. The highest BCUT2D eigenvalue weighted by Crippen LogP contribution is 2.14. The van der Waals surface area contributed by atoms with Gasteiger partial charge in [0, 0.05) is 18.7 Å². The molecule has 5 nitrogen and oxygen atoms in total. The maximum Gasteiger partial charge on any atom is 0.269 e. The van der Waals surface area contributed by atoms with E-state index in [2.05, 4.69) is 4.90 Å². The first-order chi connectivity index (χ1) is 9.04. The molecule has 100 valence electrons. The Hall–Kier alpha value is -2.14. The van der Waals surface area contributed by atoms with Gasteiger partial charge in [-0.15, -0.1) is 0 Å². The van der Waals surface area contributed by atoms with Crippen molar-refractivity contribution >= 4 is 5.69 Å². The molecule has 0 unspecified atom stereocenters. The molecule has 2 aromatic rings. The third-order valence-corrected chi connectivity index (χ3v) is 2.82. The number of rotatable bonds is 5. The third kappa shape index (κ3) is 3.66. The number of nitrogens with zero attached hydrogens (tertiary/aromatic N) is 2. The minimum absolute atomic E-state index is 0.119. The van der Waals surface area contributed by atoms with Gasteiger partial charge in [0.2, 0.25) is 0 Å². The Morgan fingerprint density at radius 2 is 1.84 bits per heavy atom. The summed E-state index contributed by atoms with van der Waals surface area (Å²) in [5.74, 6) is 1.82. The van der Waals surface area contributed by atoms with Crippen LogP contribution in [0.1, 0.15) is 17.1 Å². The van der Waals surface area contributed by atoms with Gasteiger partial charge in [0.15, 0.2) is 0 Å². The highest BCUT2D eigenvalue weighted by atomic mass is 16.6. The number of non-ortho nitro benzene ring substituents is 1. The van der Waals surface area contributed by atoms with E-state index in [0.717, 1.165) is 23.6 Å². The van der Waals surface area contributed by atoms with Crippen molar-refractivity contribution < 1.29 is 9.34 Å². The van der Waals surface area contributed by atoms with E-state index in [1.807, 2.05) is 26.1 Å². The first-order valence-electron chi connectivity index (χ1n) is 6.02. The van der Waals surface area contributed by atoms with Crippen LogP contribution >= 0.6 is 0 Å². The summed E-state index contributed by atoms with van der Waals surface area (Å²) in [6.45, 7) is 3.35. The summed E-state index contributed by atoms with van der Waals surface area (Å²) < 4.78 is 5.51.